The number of carbonyl (C=O) groups is 1. The molecule has 1 amide bonds. The first-order chi connectivity index (χ1) is 13.3. The average Bonchev–Trinajstić information content (AvgIpc) is 2.69. The second-order valence-electron chi connectivity index (χ2n) is 6.55. The summed E-state index contributed by atoms with van der Waals surface area (Å²) >= 11 is 0. The van der Waals surface area contributed by atoms with Crippen LogP contribution >= 0.6 is 0 Å². The number of anilines is 2. The van der Waals surface area contributed by atoms with Gasteiger partial charge in [0.1, 0.15) is 5.75 Å². The Labute approximate surface area is 167 Å². The number of amides is 1. The lowest BCUT2D eigenvalue weighted by molar-refractivity contribution is -0.119. The van der Waals surface area contributed by atoms with Gasteiger partial charge in [-0.1, -0.05) is 38.5 Å². The smallest absolute Gasteiger partial charge is 0.264 e. The summed E-state index contributed by atoms with van der Waals surface area (Å²) in [6.45, 7) is 5.93. The lowest BCUT2D eigenvalue weighted by Crippen LogP contribution is -2.30. The van der Waals surface area contributed by atoms with Crippen LogP contribution < -0.4 is 14.4 Å². The second kappa shape index (κ2) is 9.59. The Balaban J connectivity index is 2.41. The third kappa shape index (κ3) is 4.84. The van der Waals surface area contributed by atoms with Crippen molar-refractivity contribution in [3.63, 3.8) is 0 Å². The number of para-hydroxylation sites is 1. The van der Waals surface area contributed by atoms with E-state index >= 15 is 0 Å². The maximum absolute atomic E-state index is 13.2. The second-order valence-corrected chi connectivity index (χ2v) is 8.41. The largest absolute Gasteiger partial charge is 0.495 e. The van der Waals surface area contributed by atoms with Gasteiger partial charge in [0.2, 0.25) is 5.91 Å². The van der Waals surface area contributed by atoms with Gasteiger partial charge in [-0.25, -0.2) is 8.42 Å². The summed E-state index contributed by atoms with van der Waals surface area (Å²) in [5.74, 6) is 0.0790. The van der Waals surface area contributed by atoms with Crippen LogP contribution in [-0.4, -0.2) is 28.0 Å². The lowest BCUT2D eigenvalue weighted by Gasteiger charge is -2.23. The Hall–Kier alpha value is -2.54. The summed E-state index contributed by atoms with van der Waals surface area (Å²) in [5.41, 5.74) is 0.934. The normalized spacial score (nSPS) is 12.3. The first kappa shape index (κ1) is 21.8. The molecule has 7 heteroatoms. The van der Waals surface area contributed by atoms with E-state index in [0.29, 0.717) is 17.1 Å². The average molecular weight is 405 g/mol. The number of ether oxygens (including phenoxy) is 1. The van der Waals surface area contributed by atoms with E-state index in [1.54, 1.807) is 37.3 Å². The standard InChI is InChI=1S/C21H28N2O4S/c1-5-10-16(3)21(24)22-19-15-18(13-14-20(19)27-4)28(25,26)23(6-2)17-11-8-7-9-12-17/h7-9,11-16H,5-6,10H2,1-4H3,(H,22,24). The molecule has 28 heavy (non-hydrogen) atoms. The number of hydrogen-bond acceptors (Lipinski definition) is 4. The third-order valence-corrected chi connectivity index (χ3v) is 6.42. The summed E-state index contributed by atoms with van der Waals surface area (Å²) in [6, 6.07) is 13.4. The van der Waals surface area contributed by atoms with Gasteiger partial charge in [-0.3, -0.25) is 9.10 Å². The van der Waals surface area contributed by atoms with Crippen molar-refractivity contribution in [2.24, 2.45) is 5.92 Å². The van der Waals surface area contributed by atoms with Crippen molar-refractivity contribution in [2.45, 2.75) is 38.5 Å². The molecule has 6 nitrogen and oxygen atoms in total. The molecule has 0 aliphatic heterocycles. The molecule has 0 saturated heterocycles. The highest BCUT2D eigenvalue weighted by atomic mass is 32.2. The van der Waals surface area contributed by atoms with Crippen molar-refractivity contribution in [3.05, 3.63) is 48.5 Å². The third-order valence-electron chi connectivity index (χ3n) is 4.52. The van der Waals surface area contributed by atoms with E-state index in [0.717, 1.165) is 12.8 Å². The van der Waals surface area contributed by atoms with Gasteiger partial charge in [-0.2, -0.15) is 0 Å². The van der Waals surface area contributed by atoms with Gasteiger partial charge in [0.05, 0.1) is 23.4 Å². The fourth-order valence-electron chi connectivity index (χ4n) is 2.98. The molecule has 0 bridgehead atoms. The molecule has 0 saturated carbocycles. The number of carbonyl (C=O) groups excluding carboxylic acids is 1. The molecule has 2 aromatic rings. The van der Waals surface area contributed by atoms with Crippen molar-refractivity contribution >= 4 is 27.3 Å². The topological polar surface area (TPSA) is 75.7 Å². The lowest BCUT2D eigenvalue weighted by atomic mass is 10.1. The molecular formula is C21H28N2O4S. The highest BCUT2D eigenvalue weighted by molar-refractivity contribution is 7.92. The highest BCUT2D eigenvalue weighted by Crippen LogP contribution is 2.31. The van der Waals surface area contributed by atoms with Gasteiger partial charge in [0.15, 0.2) is 0 Å². The number of rotatable bonds is 9. The number of hydrogen-bond donors (Lipinski definition) is 1. The fraction of sp³-hybridized carbons (Fsp3) is 0.381. The summed E-state index contributed by atoms with van der Waals surface area (Å²) < 4.78 is 33.1. The van der Waals surface area contributed by atoms with E-state index in [-0.39, 0.29) is 23.3 Å². The molecule has 1 N–H and O–H groups in total. The molecule has 2 aromatic carbocycles. The zero-order chi connectivity index (χ0) is 20.7. The molecular weight excluding hydrogens is 376 g/mol. The number of sulfonamides is 1. The Morgan fingerprint density at radius 2 is 1.82 bits per heavy atom. The molecule has 0 aliphatic carbocycles. The SMILES string of the molecule is CCCC(C)C(=O)Nc1cc(S(=O)(=O)N(CC)c2ccccc2)ccc1OC. The molecule has 1 unspecified atom stereocenters. The van der Waals surface area contributed by atoms with Crippen molar-refractivity contribution in [2.75, 3.05) is 23.3 Å². The molecule has 0 heterocycles. The van der Waals surface area contributed by atoms with Crippen LogP contribution in [0, 0.1) is 5.92 Å². The van der Waals surface area contributed by atoms with Crippen LogP contribution in [0.2, 0.25) is 0 Å². The highest BCUT2D eigenvalue weighted by Gasteiger charge is 2.25. The van der Waals surface area contributed by atoms with Crippen LogP contribution in [0.3, 0.4) is 0 Å². The first-order valence-electron chi connectivity index (χ1n) is 9.41. The number of nitrogens with one attached hydrogen (secondary N) is 1. The van der Waals surface area contributed by atoms with Gasteiger partial charge in [-0.05, 0) is 43.7 Å². The van der Waals surface area contributed by atoms with Gasteiger partial charge in [-0.15, -0.1) is 0 Å². The van der Waals surface area contributed by atoms with Crippen molar-refractivity contribution in [1.82, 2.24) is 0 Å². The summed E-state index contributed by atoms with van der Waals surface area (Å²) in [6.07, 6.45) is 1.65. The van der Waals surface area contributed by atoms with Crippen LogP contribution in [0.4, 0.5) is 11.4 Å². The quantitative estimate of drug-likeness (QED) is 0.677. The minimum Gasteiger partial charge on any atom is -0.495 e. The van der Waals surface area contributed by atoms with Crippen molar-refractivity contribution in [3.8, 4) is 5.75 Å². The molecule has 0 spiro atoms. The monoisotopic (exact) mass is 404 g/mol. The van der Waals surface area contributed by atoms with Crippen LogP contribution in [0.25, 0.3) is 0 Å². The van der Waals surface area contributed by atoms with Gasteiger partial charge < -0.3 is 10.1 Å². The molecule has 2 rings (SSSR count). The Morgan fingerprint density at radius 3 is 2.39 bits per heavy atom. The maximum atomic E-state index is 13.2. The predicted octanol–water partition coefficient (Wildman–Crippen LogP) is 4.29. The van der Waals surface area contributed by atoms with Gasteiger partial charge >= 0.3 is 0 Å². The fourth-order valence-corrected chi connectivity index (χ4v) is 4.48. The van der Waals surface area contributed by atoms with Crippen LogP contribution in [0.15, 0.2) is 53.4 Å². The van der Waals surface area contributed by atoms with Crippen molar-refractivity contribution < 1.29 is 17.9 Å². The minimum atomic E-state index is -3.79. The molecule has 0 aromatic heterocycles. The maximum Gasteiger partial charge on any atom is 0.264 e. The Bertz CT molecular complexity index is 898. The van der Waals surface area contributed by atoms with E-state index in [1.807, 2.05) is 19.9 Å². The summed E-state index contributed by atoms with van der Waals surface area (Å²) in [7, 11) is -2.31. The number of nitrogens with zero attached hydrogens (tertiary/aromatic N) is 1. The number of benzene rings is 2. The molecule has 1 atom stereocenters. The first-order valence-corrected chi connectivity index (χ1v) is 10.9. The van der Waals surface area contributed by atoms with E-state index in [2.05, 4.69) is 5.32 Å². The van der Waals surface area contributed by atoms with Crippen LogP contribution in [0.5, 0.6) is 5.75 Å². The molecule has 0 aliphatic rings. The zero-order valence-electron chi connectivity index (χ0n) is 16.8. The van der Waals surface area contributed by atoms with Gasteiger partial charge in [0.25, 0.3) is 10.0 Å². The van der Waals surface area contributed by atoms with Crippen molar-refractivity contribution in [1.29, 1.82) is 0 Å². The summed E-state index contributed by atoms with van der Waals surface area (Å²) in [5, 5.41) is 2.81. The molecule has 152 valence electrons. The van der Waals surface area contributed by atoms with E-state index in [4.69, 9.17) is 4.74 Å². The van der Waals surface area contributed by atoms with E-state index in [1.165, 1.54) is 23.5 Å². The van der Waals surface area contributed by atoms with Crippen LogP contribution in [-0.2, 0) is 14.8 Å². The van der Waals surface area contributed by atoms with Crippen LogP contribution in [0.1, 0.15) is 33.6 Å². The Morgan fingerprint density at radius 1 is 1.14 bits per heavy atom. The molecule has 0 radical (unpaired) electrons. The van der Waals surface area contributed by atoms with E-state index < -0.39 is 10.0 Å². The van der Waals surface area contributed by atoms with Gasteiger partial charge in [0, 0.05) is 12.5 Å². The zero-order valence-corrected chi connectivity index (χ0v) is 17.6. The van der Waals surface area contributed by atoms with E-state index in [9.17, 15) is 13.2 Å². The predicted molar refractivity (Wildman–Crippen MR) is 112 cm³/mol. The molecule has 0 fully saturated rings. The summed E-state index contributed by atoms with van der Waals surface area (Å²) in [4.78, 5) is 12.5. The minimum absolute atomic E-state index is 0.0949. The Kier molecular flexibility index (Phi) is 7.45. The number of methoxy groups -OCH3 is 1.